The van der Waals surface area contributed by atoms with Gasteiger partial charge >= 0.3 is 60.7 Å². The fourth-order valence-corrected chi connectivity index (χ4v) is 2.42. The first-order chi connectivity index (χ1) is 3.77. The van der Waals surface area contributed by atoms with Crippen LogP contribution in [0.1, 0.15) is 26.7 Å². The van der Waals surface area contributed by atoms with Crippen LogP contribution in [-0.2, 0) is 4.79 Å². The molecule has 0 amide bonds. The molecule has 2 heteroatoms. The Hall–Kier alpha value is 0.460. The molecule has 0 bridgehead atoms. The van der Waals surface area contributed by atoms with E-state index in [0.717, 1.165) is 0 Å². The van der Waals surface area contributed by atoms with Gasteiger partial charge in [0.15, 0.2) is 0 Å². The van der Waals surface area contributed by atoms with E-state index < -0.39 is 0 Å². The summed E-state index contributed by atoms with van der Waals surface area (Å²) in [5.74, 6) is 0. The van der Waals surface area contributed by atoms with Crippen molar-refractivity contribution in [2.75, 3.05) is 0 Å². The van der Waals surface area contributed by atoms with Crippen LogP contribution < -0.4 is 0 Å². The van der Waals surface area contributed by atoms with E-state index in [1.54, 1.807) is 6.92 Å². The van der Waals surface area contributed by atoms with Gasteiger partial charge in [0, 0.05) is 0 Å². The molecule has 0 atom stereocenters. The Morgan fingerprint density at radius 3 is 2.62 bits per heavy atom. The van der Waals surface area contributed by atoms with Gasteiger partial charge < -0.3 is 0 Å². The minimum atomic E-state index is -0.235. The third kappa shape index (κ3) is 6.46. The molecule has 1 nitrogen and oxygen atoms in total. The molecule has 0 fully saturated rings. The predicted molar refractivity (Wildman–Crippen MR) is 36.1 cm³/mol. The molecule has 0 saturated carbocycles. The van der Waals surface area contributed by atoms with Crippen molar-refractivity contribution in [1.29, 1.82) is 0 Å². The van der Waals surface area contributed by atoms with E-state index in [0.29, 0.717) is 3.83 Å². The van der Waals surface area contributed by atoms with Gasteiger partial charge in [-0.1, -0.05) is 0 Å². The number of unbranched alkanes of at least 4 members (excludes halogenated alkanes) is 1. The summed E-state index contributed by atoms with van der Waals surface area (Å²) in [6, 6.07) is 0. The number of hydrogen-bond acceptors (Lipinski definition) is 1. The van der Waals surface area contributed by atoms with E-state index in [1.807, 2.05) is 0 Å². The van der Waals surface area contributed by atoms with E-state index in [-0.39, 0.29) is 20.9 Å². The third-order valence-corrected chi connectivity index (χ3v) is 3.37. The molecule has 0 unspecified atom stereocenters. The van der Waals surface area contributed by atoms with Crippen molar-refractivity contribution in [3.05, 3.63) is 0 Å². The molecule has 8 heavy (non-hydrogen) atoms. The van der Waals surface area contributed by atoms with E-state index in [9.17, 15) is 4.79 Å². The zero-order valence-electron chi connectivity index (χ0n) is 5.44. The first kappa shape index (κ1) is 8.46. The molecule has 0 saturated heterocycles. The van der Waals surface area contributed by atoms with Crippen LogP contribution in [-0.4, -0.2) is 24.8 Å². The summed E-state index contributed by atoms with van der Waals surface area (Å²) in [6.07, 6.45) is 2.49. The van der Waals surface area contributed by atoms with Gasteiger partial charge in [0.1, 0.15) is 0 Å². The van der Waals surface area contributed by atoms with Crippen LogP contribution in [0, 0.1) is 0 Å². The molecule has 0 aliphatic carbocycles. The normalized spacial score (nSPS) is 9.25. The molecule has 0 aliphatic rings. The average Bonchev–Trinajstić information content (AvgIpc) is 1.66. The van der Waals surface area contributed by atoms with Gasteiger partial charge in [0.2, 0.25) is 0 Å². The Bertz CT molecular complexity index is 70.9. The fraction of sp³-hybridized carbons (Fsp3) is 0.833. The van der Waals surface area contributed by atoms with Gasteiger partial charge in [-0.25, -0.2) is 0 Å². The number of rotatable bonds is 4. The number of hydrogen-bond donors (Lipinski definition) is 0. The van der Waals surface area contributed by atoms with E-state index >= 15 is 0 Å². The molecule has 0 aliphatic heterocycles. The van der Waals surface area contributed by atoms with Crippen molar-refractivity contribution in [3.63, 3.8) is 0 Å². The van der Waals surface area contributed by atoms with E-state index in [4.69, 9.17) is 0 Å². The second-order valence-electron chi connectivity index (χ2n) is 1.69. The molecule has 0 aromatic carbocycles. The molecular weight excluding hydrogens is 216 g/mol. The molecule has 0 heterocycles. The SMILES string of the molecule is CCCC[Te]C(C)=O. The topological polar surface area (TPSA) is 17.1 Å². The average molecular weight is 228 g/mol. The second-order valence-corrected chi connectivity index (χ2v) is 5.32. The Morgan fingerprint density at radius 2 is 2.25 bits per heavy atom. The molecular formula is C6H12OTe. The fourth-order valence-electron chi connectivity index (χ4n) is 0.360. The van der Waals surface area contributed by atoms with Crippen molar-refractivity contribution in [2.45, 2.75) is 31.2 Å². The summed E-state index contributed by atoms with van der Waals surface area (Å²) in [5.41, 5.74) is 0. The molecule has 0 aromatic rings. The summed E-state index contributed by atoms with van der Waals surface area (Å²) < 4.78 is 1.65. The molecule has 0 N–H and O–H groups in total. The molecule has 0 spiro atoms. The minimum absolute atomic E-state index is 0.235. The number of carbonyl (C=O) groups excluding carboxylic acids is 1. The summed E-state index contributed by atoms with van der Waals surface area (Å²) in [7, 11) is 0. The van der Waals surface area contributed by atoms with Crippen LogP contribution in [0.5, 0.6) is 0 Å². The van der Waals surface area contributed by atoms with Crippen molar-refractivity contribution < 1.29 is 4.79 Å². The summed E-state index contributed by atoms with van der Waals surface area (Å²) in [5, 5.41) is 0. The quantitative estimate of drug-likeness (QED) is 0.525. The molecule has 0 radical (unpaired) electrons. The predicted octanol–water partition coefficient (Wildman–Crippen LogP) is 1.46. The Morgan fingerprint density at radius 1 is 1.62 bits per heavy atom. The maximum atomic E-state index is 10.4. The van der Waals surface area contributed by atoms with Gasteiger partial charge in [-0.2, -0.15) is 0 Å². The summed E-state index contributed by atoms with van der Waals surface area (Å²) in [6.45, 7) is 3.87. The van der Waals surface area contributed by atoms with Gasteiger partial charge in [0.05, 0.1) is 0 Å². The Balaban J connectivity index is 2.82. The van der Waals surface area contributed by atoms with E-state index in [1.165, 1.54) is 17.3 Å². The van der Waals surface area contributed by atoms with Gasteiger partial charge in [-0.05, 0) is 0 Å². The first-order valence-electron chi connectivity index (χ1n) is 2.90. The van der Waals surface area contributed by atoms with Crippen LogP contribution in [0.4, 0.5) is 0 Å². The molecule has 0 rings (SSSR count). The zero-order valence-corrected chi connectivity index (χ0v) is 7.77. The van der Waals surface area contributed by atoms with Gasteiger partial charge in [-0.15, -0.1) is 0 Å². The molecule has 48 valence electrons. The van der Waals surface area contributed by atoms with E-state index in [2.05, 4.69) is 6.92 Å². The third-order valence-electron chi connectivity index (χ3n) is 0.803. The number of carbonyl (C=O) groups is 1. The zero-order chi connectivity index (χ0) is 6.41. The second kappa shape index (κ2) is 5.59. The van der Waals surface area contributed by atoms with Crippen molar-refractivity contribution >= 4 is 24.8 Å². The monoisotopic (exact) mass is 230 g/mol. The van der Waals surface area contributed by atoms with Crippen molar-refractivity contribution in [3.8, 4) is 0 Å². The Kier molecular flexibility index (Phi) is 5.92. The van der Waals surface area contributed by atoms with Crippen LogP contribution in [0.15, 0.2) is 0 Å². The first-order valence-corrected chi connectivity index (χ1v) is 5.72. The summed E-state index contributed by atoms with van der Waals surface area (Å²) >= 11 is -0.235. The van der Waals surface area contributed by atoms with Crippen molar-refractivity contribution in [2.24, 2.45) is 0 Å². The van der Waals surface area contributed by atoms with Crippen LogP contribution in [0.25, 0.3) is 0 Å². The van der Waals surface area contributed by atoms with Gasteiger partial charge in [-0.3, -0.25) is 0 Å². The Labute approximate surface area is 60.9 Å². The maximum absolute atomic E-state index is 10.4. The molecule has 0 aromatic heterocycles. The van der Waals surface area contributed by atoms with Crippen molar-refractivity contribution in [1.82, 2.24) is 0 Å². The van der Waals surface area contributed by atoms with Crippen LogP contribution >= 0.6 is 0 Å². The van der Waals surface area contributed by atoms with Crippen LogP contribution in [0.2, 0.25) is 4.47 Å². The standard InChI is InChI=1S/C6H12OTe/c1-3-4-5-8-6(2)7/h3-5H2,1-2H3. The summed E-state index contributed by atoms with van der Waals surface area (Å²) in [4.78, 5) is 10.4. The van der Waals surface area contributed by atoms with Crippen LogP contribution in [0.3, 0.4) is 0 Å². The van der Waals surface area contributed by atoms with Gasteiger partial charge in [0.25, 0.3) is 0 Å².